The summed E-state index contributed by atoms with van der Waals surface area (Å²) in [5.74, 6) is -1.86. The van der Waals surface area contributed by atoms with Crippen molar-refractivity contribution in [2.45, 2.75) is 6.42 Å². The summed E-state index contributed by atoms with van der Waals surface area (Å²) in [6.07, 6.45) is 1.36. The Morgan fingerprint density at radius 3 is 2.35 bits per heavy atom. The van der Waals surface area contributed by atoms with E-state index in [1.54, 1.807) is 30.3 Å². The SMILES string of the molecule is CN(C)CCCOC(=O)c1ccc(-c2ccc(Cl)cc2Cl)cc1NC(=O)c1cc(C=O)c(O)cc1C=O. The summed E-state index contributed by atoms with van der Waals surface area (Å²) in [6.45, 7) is 0.893. The van der Waals surface area contributed by atoms with Crippen molar-refractivity contribution in [3.8, 4) is 16.9 Å². The molecule has 3 aromatic carbocycles. The predicted molar refractivity (Wildman–Crippen MR) is 142 cm³/mol. The molecule has 10 heteroatoms. The highest BCUT2D eigenvalue weighted by atomic mass is 35.5. The van der Waals surface area contributed by atoms with Crippen LogP contribution in [0.5, 0.6) is 5.75 Å². The largest absolute Gasteiger partial charge is 0.507 e. The number of phenolic OH excluding ortho intramolecular Hbond substituents is 1. The molecule has 0 spiro atoms. The van der Waals surface area contributed by atoms with Crippen LogP contribution < -0.4 is 5.32 Å². The Morgan fingerprint density at radius 2 is 1.70 bits per heavy atom. The molecule has 0 saturated heterocycles. The Labute approximate surface area is 223 Å². The quantitative estimate of drug-likeness (QED) is 0.201. The van der Waals surface area contributed by atoms with Crippen molar-refractivity contribution >= 4 is 53.3 Å². The number of nitrogens with zero attached hydrogens (tertiary/aromatic N) is 1. The average molecular weight is 543 g/mol. The summed E-state index contributed by atoms with van der Waals surface area (Å²) in [5.41, 5.74) is 0.904. The van der Waals surface area contributed by atoms with Crippen LogP contribution in [-0.4, -0.2) is 61.7 Å². The lowest BCUT2D eigenvalue weighted by molar-refractivity contribution is 0.0494. The molecular formula is C27H24Cl2N2O6. The van der Waals surface area contributed by atoms with Gasteiger partial charge in [0.25, 0.3) is 5.91 Å². The first kappa shape index (κ1) is 27.9. The monoisotopic (exact) mass is 542 g/mol. The van der Waals surface area contributed by atoms with Crippen molar-refractivity contribution in [1.82, 2.24) is 4.90 Å². The van der Waals surface area contributed by atoms with Crippen LogP contribution in [0.3, 0.4) is 0 Å². The number of nitrogens with one attached hydrogen (secondary N) is 1. The minimum atomic E-state index is -0.772. The van der Waals surface area contributed by atoms with Crippen LogP contribution in [-0.2, 0) is 4.74 Å². The number of hydrogen-bond donors (Lipinski definition) is 2. The van der Waals surface area contributed by atoms with Crippen LogP contribution in [0.4, 0.5) is 5.69 Å². The third-order valence-corrected chi connectivity index (χ3v) is 5.96. The van der Waals surface area contributed by atoms with E-state index in [9.17, 15) is 24.3 Å². The molecule has 0 saturated carbocycles. The number of rotatable bonds is 10. The number of aldehydes is 2. The van der Waals surface area contributed by atoms with E-state index < -0.39 is 17.6 Å². The molecule has 0 aromatic heterocycles. The fraction of sp³-hybridized carbons (Fsp3) is 0.185. The molecule has 0 aliphatic heterocycles. The van der Waals surface area contributed by atoms with Crippen molar-refractivity contribution < 1.29 is 29.0 Å². The van der Waals surface area contributed by atoms with E-state index in [4.69, 9.17) is 27.9 Å². The highest BCUT2D eigenvalue weighted by molar-refractivity contribution is 6.36. The van der Waals surface area contributed by atoms with E-state index >= 15 is 0 Å². The molecule has 0 aliphatic rings. The number of carbonyl (C=O) groups is 4. The molecule has 37 heavy (non-hydrogen) atoms. The number of aromatic hydroxyl groups is 1. The van der Waals surface area contributed by atoms with Crippen LogP contribution in [0.25, 0.3) is 11.1 Å². The van der Waals surface area contributed by atoms with Gasteiger partial charge < -0.3 is 20.1 Å². The van der Waals surface area contributed by atoms with Gasteiger partial charge in [-0.05, 0) is 62.5 Å². The highest BCUT2D eigenvalue weighted by Gasteiger charge is 2.20. The van der Waals surface area contributed by atoms with E-state index in [0.29, 0.717) is 40.2 Å². The third-order valence-electron chi connectivity index (χ3n) is 5.41. The molecule has 3 rings (SSSR count). The number of esters is 1. The number of amides is 1. The smallest absolute Gasteiger partial charge is 0.340 e. The molecule has 1 amide bonds. The fourth-order valence-corrected chi connectivity index (χ4v) is 4.06. The first-order valence-corrected chi connectivity index (χ1v) is 11.9. The minimum absolute atomic E-state index is 0.0779. The van der Waals surface area contributed by atoms with Crippen molar-refractivity contribution in [2.24, 2.45) is 0 Å². The summed E-state index contributed by atoms with van der Waals surface area (Å²) in [7, 11) is 3.81. The molecule has 2 N–H and O–H groups in total. The van der Waals surface area contributed by atoms with Gasteiger partial charge in [-0.3, -0.25) is 14.4 Å². The number of carbonyl (C=O) groups excluding carboxylic acids is 4. The van der Waals surface area contributed by atoms with Crippen molar-refractivity contribution in [3.05, 3.63) is 80.8 Å². The molecule has 0 fully saturated rings. The van der Waals surface area contributed by atoms with Crippen molar-refractivity contribution in [3.63, 3.8) is 0 Å². The fourth-order valence-electron chi connectivity index (χ4n) is 3.54. The van der Waals surface area contributed by atoms with Gasteiger partial charge in [0.1, 0.15) is 5.75 Å². The lowest BCUT2D eigenvalue weighted by Gasteiger charge is -2.15. The molecular weight excluding hydrogens is 519 g/mol. The summed E-state index contributed by atoms with van der Waals surface area (Å²) < 4.78 is 5.39. The van der Waals surface area contributed by atoms with E-state index in [2.05, 4.69) is 5.32 Å². The number of phenols is 1. The van der Waals surface area contributed by atoms with Gasteiger partial charge in [-0.25, -0.2) is 4.79 Å². The van der Waals surface area contributed by atoms with Gasteiger partial charge >= 0.3 is 5.97 Å². The molecule has 8 nitrogen and oxygen atoms in total. The number of anilines is 1. The maximum atomic E-state index is 13.2. The lowest BCUT2D eigenvalue weighted by Crippen LogP contribution is -2.19. The second-order valence-corrected chi connectivity index (χ2v) is 9.21. The van der Waals surface area contributed by atoms with Crippen LogP contribution in [0.1, 0.15) is 47.9 Å². The highest BCUT2D eigenvalue weighted by Crippen LogP contribution is 2.33. The molecule has 0 aliphatic carbocycles. The Bertz CT molecular complexity index is 1360. The van der Waals surface area contributed by atoms with E-state index in [0.717, 1.165) is 18.7 Å². The average Bonchev–Trinajstić information content (AvgIpc) is 2.86. The van der Waals surface area contributed by atoms with Gasteiger partial charge in [-0.1, -0.05) is 35.3 Å². The molecule has 0 heterocycles. The van der Waals surface area contributed by atoms with Gasteiger partial charge in [0.2, 0.25) is 0 Å². The zero-order valence-corrected chi connectivity index (χ0v) is 21.6. The molecule has 0 unspecified atom stereocenters. The Morgan fingerprint density at radius 1 is 0.973 bits per heavy atom. The van der Waals surface area contributed by atoms with Gasteiger partial charge in [-0.2, -0.15) is 0 Å². The van der Waals surface area contributed by atoms with Crippen LogP contribution >= 0.6 is 23.2 Å². The molecule has 0 radical (unpaired) electrons. The Hall–Kier alpha value is -3.72. The maximum Gasteiger partial charge on any atom is 0.340 e. The van der Waals surface area contributed by atoms with E-state index in [-0.39, 0.29) is 34.5 Å². The van der Waals surface area contributed by atoms with Gasteiger partial charge in [0.05, 0.1) is 29.0 Å². The Balaban J connectivity index is 2.01. The Kier molecular flexibility index (Phi) is 9.41. The van der Waals surface area contributed by atoms with Gasteiger partial charge in [0, 0.05) is 27.7 Å². The maximum absolute atomic E-state index is 13.2. The lowest BCUT2D eigenvalue weighted by atomic mass is 10.0. The molecule has 0 atom stereocenters. The third kappa shape index (κ3) is 6.95. The number of ether oxygens (including phenoxy) is 1. The van der Waals surface area contributed by atoms with Crippen LogP contribution in [0, 0.1) is 0 Å². The summed E-state index contributed by atoms with van der Waals surface area (Å²) in [6, 6.07) is 11.7. The number of hydrogen-bond acceptors (Lipinski definition) is 7. The summed E-state index contributed by atoms with van der Waals surface area (Å²) in [5, 5.41) is 13.3. The van der Waals surface area contributed by atoms with Crippen LogP contribution in [0.15, 0.2) is 48.5 Å². The van der Waals surface area contributed by atoms with Crippen LogP contribution in [0.2, 0.25) is 10.0 Å². The van der Waals surface area contributed by atoms with Gasteiger partial charge in [0.15, 0.2) is 12.6 Å². The summed E-state index contributed by atoms with van der Waals surface area (Å²) >= 11 is 12.4. The molecule has 0 bridgehead atoms. The topological polar surface area (TPSA) is 113 Å². The standard InChI is InChI=1S/C27H24Cl2N2O6/c1-31(2)8-3-9-37-27(36)21-6-4-16(20-7-5-19(28)13-23(20)29)11-24(21)30-26(35)22-10-18(15-33)25(34)12-17(22)14-32/h4-7,10-15,34H,3,8-9H2,1-2H3,(H,30,35). The molecule has 192 valence electrons. The van der Waals surface area contributed by atoms with Crippen molar-refractivity contribution in [2.75, 3.05) is 32.6 Å². The van der Waals surface area contributed by atoms with Gasteiger partial charge in [-0.15, -0.1) is 0 Å². The van der Waals surface area contributed by atoms with E-state index in [1.165, 1.54) is 6.07 Å². The second-order valence-electron chi connectivity index (χ2n) is 8.37. The number of halogens is 2. The first-order valence-electron chi connectivity index (χ1n) is 11.1. The first-order chi connectivity index (χ1) is 17.6. The predicted octanol–water partition coefficient (Wildman–Crippen LogP) is 5.35. The summed E-state index contributed by atoms with van der Waals surface area (Å²) in [4.78, 5) is 50.8. The zero-order chi connectivity index (χ0) is 27.1. The zero-order valence-electron chi connectivity index (χ0n) is 20.1. The minimum Gasteiger partial charge on any atom is -0.507 e. The van der Waals surface area contributed by atoms with E-state index in [1.807, 2.05) is 19.0 Å². The second kappa shape index (κ2) is 12.5. The number of benzene rings is 3. The van der Waals surface area contributed by atoms with Crippen molar-refractivity contribution in [1.29, 1.82) is 0 Å². The normalized spacial score (nSPS) is 10.7. The molecule has 3 aromatic rings.